The van der Waals surface area contributed by atoms with Crippen LogP contribution >= 0.6 is 0 Å². The lowest BCUT2D eigenvalue weighted by molar-refractivity contribution is 0.0601. The predicted molar refractivity (Wildman–Crippen MR) is 87.5 cm³/mol. The van der Waals surface area contributed by atoms with Gasteiger partial charge in [-0.25, -0.2) is 9.18 Å². The summed E-state index contributed by atoms with van der Waals surface area (Å²) in [7, 11) is 1.33. The van der Waals surface area contributed by atoms with Gasteiger partial charge in [-0.2, -0.15) is 0 Å². The number of rotatable bonds is 3. The molecule has 0 saturated heterocycles. The number of halogens is 1. The Hall–Kier alpha value is -2.95. The largest absolute Gasteiger partial charge is 0.465 e. The van der Waals surface area contributed by atoms with E-state index in [1.165, 1.54) is 13.2 Å². The van der Waals surface area contributed by atoms with Crippen molar-refractivity contribution in [2.45, 2.75) is 6.92 Å². The number of anilines is 2. The van der Waals surface area contributed by atoms with Crippen LogP contribution in [0.4, 0.5) is 15.8 Å². The van der Waals surface area contributed by atoms with E-state index in [-0.39, 0.29) is 5.82 Å². The summed E-state index contributed by atoms with van der Waals surface area (Å²) in [5.74, 6) is -0.763. The van der Waals surface area contributed by atoms with E-state index in [4.69, 9.17) is 4.74 Å². The van der Waals surface area contributed by atoms with Crippen LogP contribution < -0.4 is 5.32 Å². The number of hydrogen-bond donors (Lipinski definition) is 1. The van der Waals surface area contributed by atoms with Gasteiger partial charge >= 0.3 is 5.97 Å². The molecule has 116 valence electrons. The van der Waals surface area contributed by atoms with Crippen LogP contribution in [-0.2, 0) is 4.74 Å². The van der Waals surface area contributed by atoms with E-state index in [0.29, 0.717) is 27.8 Å². The standard InChI is InChI=1S/C18H15FN2O2/c1-11-6-7-14(19)16-15(8-9-20-17(11)16)21-13-5-3-4-12(10-13)18(22)23-2/h3-10H,1-2H3,(H,20,21). The molecule has 3 aromatic rings. The van der Waals surface area contributed by atoms with E-state index in [2.05, 4.69) is 10.3 Å². The van der Waals surface area contributed by atoms with Crippen LogP contribution in [0.15, 0.2) is 48.7 Å². The Morgan fingerprint density at radius 1 is 1.22 bits per heavy atom. The Labute approximate surface area is 132 Å². The minimum absolute atomic E-state index is 0.342. The summed E-state index contributed by atoms with van der Waals surface area (Å²) in [6.07, 6.45) is 1.63. The molecule has 0 fully saturated rings. The summed E-state index contributed by atoms with van der Waals surface area (Å²) in [6.45, 7) is 1.89. The zero-order valence-corrected chi connectivity index (χ0v) is 12.8. The molecule has 0 aliphatic heterocycles. The van der Waals surface area contributed by atoms with Crippen molar-refractivity contribution in [3.63, 3.8) is 0 Å². The predicted octanol–water partition coefficient (Wildman–Crippen LogP) is 4.21. The van der Waals surface area contributed by atoms with E-state index in [0.717, 1.165) is 5.56 Å². The highest BCUT2D eigenvalue weighted by Gasteiger charge is 2.11. The molecular weight excluding hydrogens is 295 g/mol. The molecule has 1 aromatic heterocycles. The molecule has 4 nitrogen and oxygen atoms in total. The van der Waals surface area contributed by atoms with Crippen molar-refractivity contribution in [1.82, 2.24) is 4.98 Å². The SMILES string of the molecule is COC(=O)c1cccc(Nc2ccnc3c(C)ccc(F)c23)c1. The fraction of sp³-hybridized carbons (Fsp3) is 0.111. The molecule has 5 heteroatoms. The van der Waals surface area contributed by atoms with Crippen LogP contribution in [0.25, 0.3) is 10.9 Å². The molecule has 0 aliphatic carbocycles. The maximum atomic E-state index is 14.2. The summed E-state index contributed by atoms with van der Waals surface area (Å²) in [6, 6.07) is 11.7. The highest BCUT2D eigenvalue weighted by Crippen LogP contribution is 2.29. The molecule has 0 amide bonds. The van der Waals surface area contributed by atoms with Gasteiger partial charge in [0.2, 0.25) is 0 Å². The van der Waals surface area contributed by atoms with Gasteiger partial charge in [-0.1, -0.05) is 12.1 Å². The Morgan fingerprint density at radius 3 is 2.83 bits per heavy atom. The number of aromatic nitrogens is 1. The molecule has 0 atom stereocenters. The number of carbonyl (C=O) groups excluding carboxylic acids is 1. The van der Waals surface area contributed by atoms with E-state index in [1.54, 1.807) is 42.6 Å². The minimum Gasteiger partial charge on any atom is -0.465 e. The molecule has 0 spiro atoms. The van der Waals surface area contributed by atoms with Crippen molar-refractivity contribution in [1.29, 1.82) is 0 Å². The molecular formula is C18H15FN2O2. The van der Waals surface area contributed by atoms with Crippen molar-refractivity contribution in [3.8, 4) is 0 Å². The molecule has 0 radical (unpaired) electrons. The highest BCUT2D eigenvalue weighted by molar-refractivity contribution is 5.96. The molecule has 0 unspecified atom stereocenters. The molecule has 1 N–H and O–H groups in total. The monoisotopic (exact) mass is 310 g/mol. The number of aryl methyl sites for hydroxylation is 1. The van der Waals surface area contributed by atoms with Gasteiger partial charge in [-0.3, -0.25) is 4.98 Å². The van der Waals surface area contributed by atoms with Crippen molar-refractivity contribution >= 4 is 28.2 Å². The van der Waals surface area contributed by atoms with Gasteiger partial charge in [0.05, 0.1) is 29.3 Å². The maximum absolute atomic E-state index is 14.2. The van der Waals surface area contributed by atoms with Crippen LogP contribution in [0.3, 0.4) is 0 Å². The lowest BCUT2D eigenvalue weighted by atomic mass is 10.1. The molecule has 0 bridgehead atoms. The lowest BCUT2D eigenvalue weighted by Gasteiger charge is -2.12. The first-order valence-corrected chi connectivity index (χ1v) is 7.09. The third kappa shape index (κ3) is 2.85. The second-order valence-electron chi connectivity index (χ2n) is 5.14. The van der Waals surface area contributed by atoms with Gasteiger partial charge in [-0.15, -0.1) is 0 Å². The fourth-order valence-electron chi connectivity index (χ4n) is 2.46. The molecule has 23 heavy (non-hydrogen) atoms. The second-order valence-corrected chi connectivity index (χ2v) is 5.14. The summed E-state index contributed by atoms with van der Waals surface area (Å²) in [5, 5.41) is 3.57. The first kappa shape index (κ1) is 15.0. The van der Waals surface area contributed by atoms with E-state index < -0.39 is 5.97 Å². The highest BCUT2D eigenvalue weighted by atomic mass is 19.1. The maximum Gasteiger partial charge on any atom is 0.337 e. The Balaban J connectivity index is 2.06. The van der Waals surface area contributed by atoms with Crippen LogP contribution in [-0.4, -0.2) is 18.1 Å². The first-order chi connectivity index (χ1) is 11.1. The average molecular weight is 310 g/mol. The quantitative estimate of drug-likeness (QED) is 0.736. The van der Waals surface area contributed by atoms with E-state index in [1.807, 2.05) is 6.92 Å². The van der Waals surface area contributed by atoms with Gasteiger partial charge < -0.3 is 10.1 Å². The third-order valence-electron chi connectivity index (χ3n) is 3.61. The normalized spacial score (nSPS) is 10.6. The number of methoxy groups -OCH3 is 1. The van der Waals surface area contributed by atoms with Gasteiger partial charge in [0, 0.05) is 11.9 Å². The number of nitrogens with one attached hydrogen (secondary N) is 1. The number of ether oxygens (including phenoxy) is 1. The Bertz CT molecular complexity index is 893. The number of carbonyl (C=O) groups is 1. The fourth-order valence-corrected chi connectivity index (χ4v) is 2.46. The smallest absolute Gasteiger partial charge is 0.337 e. The topological polar surface area (TPSA) is 51.2 Å². The van der Waals surface area contributed by atoms with E-state index in [9.17, 15) is 9.18 Å². The number of hydrogen-bond acceptors (Lipinski definition) is 4. The van der Waals surface area contributed by atoms with Crippen LogP contribution in [0.5, 0.6) is 0 Å². The summed E-state index contributed by atoms with van der Waals surface area (Å²) in [5.41, 5.74) is 3.19. The molecule has 1 heterocycles. The number of nitrogens with zero attached hydrogens (tertiary/aromatic N) is 1. The third-order valence-corrected chi connectivity index (χ3v) is 3.61. The number of esters is 1. The molecule has 3 rings (SSSR count). The average Bonchev–Trinajstić information content (AvgIpc) is 2.58. The molecule has 0 saturated carbocycles. The van der Waals surface area contributed by atoms with Gasteiger partial charge in [0.25, 0.3) is 0 Å². The van der Waals surface area contributed by atoms with E-state index >= 15 is 0 Å². The van der Waals surface area contributed by atoms with Gasteiger partial charge in [0.1, 0.15) is 5.82 Å². The number of pyridine rings is 1. The Kier molecular flexibility index (Phi) is 3.93. The summed E-state index contributed by atoms with van der Waals surface area (Å²) < 4.78 is 18.9. The summed E-state index contributed by atoms with van der Waals surface area (Å²) in [4.78, 5) is 15.9. The lowest BCUT2D eigenvalue weighted by Crippen LogP contribution is -2.02. The van der Waals surface area contributed by atoms with Gasteiger partial charge in [0.15, 0.2) is 0 Å². The van der Waals surface area contributed by atoms with Crippen LogP contribution in [0, 0.1) is 12.7 Å². The second kappa shape index (κ2) is 6.04. The number of fused-ring (bicyclic) bond motifs is 1. The number of benzene rings is 2. The van der Waals surface area contributed by atoms with Crippen LogP contribution in [0.2, 0.25) is 0 Å². The van der Waals surface area contributed by atoms with Gasteiger partial charge in [-0.05, 0) is 42.8 Å². The molecule has 2 aromatic carbocycles. The summed E-state index contributed by atoms with van der Waals surface area (Å²) >= 11 is 0. The van der Waals surface area contributed by atoms with Crippen LogP contribution in [0.1, 0.15) is 15.9 Å². The van der Waals surface area contributed by atoms with Crippen molar-refractivity contribution in [3.05, 3.63) is 65.6 Å². The van der Waals surface area contributed by atoms with Crippen molar-refractivity contribution in [2.24, 2.45) is 0 Å². The minimum atomic E-state index is -0.421. The van der Waals surface area contributed by atoms with Crippen molar-refractivity contribution < 1.29 is 13.9 Å². The zero-order valence-electron chi connectivity index (χ0n) is 12.8. The zero-order chi connectivity index (χ0) is 16.4. The molecule has 0 aliphatic rings. The first-order valence-electron chi connectivity index (χ1n) is 7.09. The Morgan fingerprint density at radius 2 is 2.04 bits per heavy atom. The van der Waals surface area contributed by atoms with Crippen molar-refractivity contribution in [2.75, 3.05) is 12.4 Å².